The highest BCUT2D eigenvalue weighted by molar-refractivity contribution is 5.95. The number of hydrogen-bond acceptors (Lipinski definition) is 4. The molecule has 154 valence electrons. The standard InChI is InChI=1S/C25H21N3O3/c1-31-23-14-8-6-12-20(23)22-15-25(30)28(17-26-22)16-24(29)27-21-13-7-5-11-19(21)18-9-3-2-4-10-18/h2-15,17H,16H2,1H3,(H,27,29). The second-order valence-electron chi connectivity index (χ2n) is 6.90. The number of benzene rings is 3. The van der Waals surface area contributed by atoms with E-state index in [-0.39, 0.29) is 18.0 Å². The van der Waals surface area contributed by atoms with Gasteiger partial charge in [0.15, 0.2) is 0 Å². The summed E-state index contributed by atoms with van der Waals surface area (Å²) in [6.07, 6.45) is 1.38. The van der Waals surface area contributed by atoms with E-state index in [4.69, 9.17) is 4.74 Å². The van der Waals surface area contributed by atoms with Gasteiger partial charge in [-0.25, -0.2) is 4.98 Å². The summed E-state index contributed by atoms with van der Waals surface area (Å²) in [7, 11) is 1.57. The number of nitrogens with zero attached hydrogens (tertiary/aromatic N) is 2. The Kier molecular flexibility index (Phi) is 5.89. The minimum absolute atomic E-state index is 0.138. The molecule has 0 aliphatic heterocycles. The molecule has 0 radical (unpaired) electrons. The molecule has 1 amide bonds. The summed E-state index contributed by atoms with van der Waals surface area (Å²) in [4.78, 5) is 29.6. The van der Waals surface area contributed by atoms with Crippen LogP contribution in [-0.2, 0) is 11.3 Å². The van der Waals surface area contributed by atoms with E-state index in [0.717, 1.165) is 16.7 Å². The summed E-state index contributed by atoms with van der Waals surface area (Å²) < 4.78 is 6.61. The Morgan fingerprint density at radius 2 is 1.61 bits per heavy atom. The van der Waals surface area contributed by atoms with E-state index in [1.165, 1.54) is 17.0 Å². The lowest BCUT2D eigenvalue weighted by Gasteiger charge is -2.12. The molecule has 6 heteroatoms. The van der Waals surface area contributed by atoms with Gasteiger partial charge in [-0.15, -0.1) is 0 Å². The molecule has 0 unspecified atom stereocenters. The molecule has 1 aromatic heterocycles. The second kappa shape index (κ2) is 9.09. The maximum absolute atomic E-state index is 12.7. The first-order valence-electron chi connectivity index (χ1n) is 9.80. The van der Waals surface area contributed by atoms with Crippen molar-refractivity contribution >= 4 is 11.6 Å². The highest BCUT2D eigenvalue weighted by atomic mass is 16.5. The zero-order valence-electron chi connectivity index (χ0n) is 17.0. The summed E-state index contributed by atoms with van der Waals surface area (Å²) in [6.45, 7) is -0.138. The molecule has 3 aromatic carbocycles. The van der Waals surface area contributed by atoms with E-state index in [1.54, 1.807) is 13.2 Å². The van der Waals surface area contributed by atoms with E-state index in [0.29, 0.717) is 17.1 Å². The van der Waals surface area contributed by atoms with Gasteiger partial charge in [-0.2, -0.15) is 0 Å². The van der Waals surface area contributed by atoms with Crippen molar-refractivity contribution in [3.63, 3.8) is 0 Å². The molecule has 0 atom stereocenters. The van der Waals surface area contributed by atoms with Crippen LogP contribution in [0.3, 0.4) is 0 Å². The first-order valence-corrected chi connectivity index (χ1v) is 9.80. The molecule has 1 heterocycles. The highest BCUT2D eigenvalue weighted by Gasteiger charge is 2.12. The summed E-state index contributed by atoms with van der Waals surface area (Å²) in [5, 5.41) is 2.90. The van der Waals surface area contributed by atoms with Crippen LogP contribution >= 0.6 is 0 Å². The zero-order valence-corrected chi connectivity index (χ0v) is 17.0. The van der Waals surface area contributed by atoms with Gasteiger partial charge in [0.05, 0.1) is 19.1 Å². The molecule has 0 bridgehead atoms. The van der Waals surface area contributed by atoms with Gasteiger partial charge in [-0.05, 0) is 23.8 Å². The van der Waals surface area contributed by atoms with Gasteiger partial charge in [0.25, 0.3) is 5.56 Å². The summed E-state index contributed by atoms with van der Waals surface area (Å²) in [6, 6.07) is 26.1. The van der Waals surface area contributed by atoms with Crippen LogP contribution in [0.25, 0.3) is 22.4 Å². The van der Waals surface area contributed by atoms with E-state index < -0.39 is 0 Å². The predicted molar refractivity (Wildman–Crippen MR) is 121 cm³/mol. The van der Waals surface area contributed by atoms with Crippen LogP contribution < -0.4 is 15.6 Å². The molecule has 0 aliphatic carbocycles. The van der Waals surface area contributed by atoms with Crippen LogP contribution in [0, 0.1) is 0 Å². The topological polar surface area (TPSA) is 73.2 Å². The monoisotopic (exact) mass is 411 g/mol. The van der Waals surface area contributed by atoms with Gasteiger partial charge in [0, 0.05) is 22.9 Å². The summed E-state index contributed by atoms with van der Waals surface area (Å²) in [5.41, 5.74) is 3.49. The number of para-hydroxylation sites is 2. The van der Waals surface area contributed by atoms with Crippen LogP contribution in [0.5, 0.6) is 5.75 Å². The fraction of sp³-hybridized carbons (Fsp3) is 0.0800. The fourth-order valence-electron chi connectivity index (χ4n) is 3.35. The molecule has 0 aliphatic rings. The number of carbonyl (C=O) groups is 1. The molecule has 6 nitrogen and oxygen atoms in total. The number of nitrogens with one attached hydrogen (secondary N) is 1. The van der Waals surface area contributed by atoms with Crippen LogP contribution in [0.15, 0.2) is 96.1 Å². The molecule has 4 aromatic rings. The number of carbonyl (C=O) groups excluding carboxylic acids is 1. The van der Waals surface area contributed by atoms with Crippen LogP contribution in [0.1, 0.15) is 0 Å². The Morgan fingerprint density at radius 3 is 2.35 bits per heavy atom. The fourth-order valence-corrected chi connectivity index (χ4v) is 3.35. The molecular weight excluding hydrogens is 390 g/mol. The van der Waals surface area contributed by atoms with E-state index in [1.807, 2.05) is 72.8 Å². The number of ether oxygens (including phenoxy) is 1. The second-order valence-corrected chi connectivity index (χ2v) is 6.90. The molecule has 4 rings (SSSR count). The smallest absolute Gasteiger partial charge is 0.254 e. The molecule has 0 saturated carbocycles. The minimum atomic E-state index is -0.317. The average molecular weight is 411 g/mol. The molecule has 0 saturated heterocycles. The van der Waals surface area contributed by atoms with Gasteiger partial charge in [0.2, 0.25) is 5.91 Å². The van der Waals surface area contributed by atoms with E-state index in [9.17, 15) is 9.59 Å². The Bertz CT molecular complexity index is 1270. The van der Waals surface area contributed by atoms with E-state index in [2.05, 4.69) is 10.3 Å². The predicted octanol–water partition coefficient (Wildman–Crippen LogP) is 4.22. The van der Waals surface area contributed by atoms with Crippen molar-refractivity contribution in [3.8, 4) is 28.1 Å². The number of rotatable bonds is 6. The zero-order chi connectivity index (χ0) is 21.6. The molecule has 1 N–H and O–H groups in total. The maximum Gasteiger partial charge on any atom is 0.254 e. The van der Waals surface area contributed by atoms with Crippen molar-refractivity contribution in [2.24, 2.45) is 0 Å². The van der Waals surface area contributed by atoms with Crippen molar-refractivity contribution in [1.29, 1.82) is 0 Å². The normalized spacial score (nSPS) is 10.5. The Balaban J connectivity index is 1.53. The lowest BCUT2D eigenvalue weighted by Crippen LogP contribution is -2.27. The van der Waals surface area contributed by atoms with Crippen molar-refractivity contribution in [2.75, 3.05) is 12.4 Å². The maximum atomic E-state index is 12.7. The van der Waals surface area contributed by atoms with E-state index >= 15 is 0 Å². The number of anilines is 1. The number of methoxy groups -OCH3 is 1. The molecule has 31 heavy (non-hydrogen) atoms. The highest BCUT2D eigenvalue weighted by Crippen LogP contribution is 2.28. The van der Waals surface area contributed by atoms with Gasteiger partial charge in [0.1, 0.15) is 12.3 Å². The third kappa shape index (κ3) is 4.53. The van der Waals surface area contributed by atoms with Gasteiger partial charge < -0.3 is 10.1 Å². The van der Waals surface area contributed by atoms with Gasteiger partial charge in [-0.1, -0.05) is 60.7 Å². The number of aromatic nitrogens is 2. The Hall–Kier alpha value is -4.19. The summed E-state index contributed by atoms with van der Waals surface area (Å²) >= 11 is 0. The number of amides is 1. The SMILES string of the molecule is COc1ccccc1-c1cc(=O)n(CC(=O)Nc2ccccc2-c2ccccc2)cn1. The average Bonchev–Trinajstić information content (AvgIpc) is 2.81. The Labute approximate surface area is 179 Å². The minimum Gasteiger partial charge on any atom is -0.496 e. The third-order valence-corrected chi connectivity index (χ3v) is 4.86. The quantitative estimate of drug-likeness (QED) is 0.515. The number of hydrogen-bond donors (Lipinski definition) is 1. The third-order valence-electron chi connectivity index (χ3n) is 4.86. The van der Waals surface area contributed by atoms with Crippen molar-refractivity contribution in [3.05, 3.63) is 102 Å². The molecular formula is C25H21N3O3. The van der Waals surface area contributed by atoms with Crippen LogP contribution in [0.4, 0.5) is 5.69 Å². The van der Waals surface area contributed by atoms with Crippen molar-refractivity contribution in [2.45, 2.75) is 6.54 Å². The van der Waals surface area contributed by atoms with Crippen LogP contribution in [-0.4, -0.2) is 22.6 Å². The summed E-state index contributed by atoms with van der Waals surface area (Å²) in [5.74, 6) is 0.319. The Morgan fingerprint density at radius 1 is 0.935 bits per heavy atom. The lowest BCUT2D eigenvalue weighted by molar-refractivity contribution is -0.116. The first kappa shape index (κ1) is 20.1. The van der Waals surface area contributed by atoms with Gasteiger partial charge in [-0.3, -0.25) is 14.2 Å². The molecule has 0 fully saturated rings. The largest absolute Gasteiger partial charge is 0.496 e. The molecule has 0 spiro atoms. The van der Waals surface area contributed by atoms with Crippen LogP contribution in [0.2, 0.25) is 0 Å². The van der Waals surface area contributed by atoms with Crippen molar-refractivity contribution < 1.29 is 9.53 Å². The lowest BCUT2D eigenvalue weighted by atomic mass is 10.0. The van der Waals surface area contributed by atoms with Crippen molar-refractivity contribution in [1.82, 2.24) is 9.55 Å². The first-order chi connectivity index (χ1) is 15.2. The van der Waals surface area contributed by atoms with Gasteiger partial charge >= 0.3 is 0 Å².